The van der Waals surface area contributed by atoms with Gasteiger partial charge in [-0.05, 0) is 23.2 Å². The number of nitrogens with zero attached hydrogens (tertiary/aromatic N) is 3. The van der Waals surface area contributed by atoms with E-state index in [9.17, 15) is 13.6 Å². The maximum atomic E-state index is 12.7. The highest BCUT2D eigenvalue weighted by atomic mass is 19.1. The monoisotopic (exact) mass is 226 g/mol. The molecule has 0 saturated carbocycles. The van der Waals surface area contributed by atoms with Gasteiger partial charge in [0.15, 0.2) is 0 Å². The van der Waals surface area contributed by atoms with E-state index in [0.717, 1.165) is 18.2 Å². The SMILES string of the molecule is [N-]=[N+]=NCC(=O)NCc1cc(F)cc(F)c1. The van der Waals surface area contributed by atoms with E-state index in [-0.39, 0.29) is 13.1 Å². The molecule has 0 heterocycles. The molecule has 0 spiro atoms. The highest BCUT2D eigenvalue weighted by Crippen LogP contribution is 2.07. The summed E-state index contributed by atoms with van der Waals surface area (Å²) in [6, 6.07) is 2.96. The van der Waals surface area contributed by atoms with Gasteiger partial charge in [0.1, 0.15) is 18.2 Å². The fourth-order valence-corrected chi connectivity index (χ4v) is 1.07. The lowest BCUT2D eigenvalue weighted by Gasteiger charge is -2.03. The molecule has 1 aromatic rings. The highest BCUT2D eigenvalue weighted by Gasteiger charge is 2.02. The van der Waals surface area contributed by atoms with E-state index in [1.54, 1.807) is 0 Å². The Kier molecular flexibility index (Phi) is 4.23. The summed E-state index contributed by atoms with van der Waals surface area (Å²) in [4.78, 5) is 13.4. The Morgan fingerprint density at radius 3 is 2.56 bits per heavy atom. The van der Waals surface area contributed by atoms with Crippen molar-refractivity contribution >= 4 is 5.91 Å². The molecule has 0 bridgehead atoms. The van der Waals surface area contributed by atoms with E-state index < -0.39 is 17.5 Å². The van der Waals surface area contributed by atoms with E-state index in [4.69, 9.17) is 5.53 Å². The van der Waals surface area contributed by atoms with Crippen molar-refractivity contribution < 1.29 is 13.6 Å². The number of nitrogens with one attached hydrogen (secondary N) is 1. The summed E-state index contributed by atoms with van der Waals surface area (Å²) in [5, 5.41) is 5.39. The molecule has 1 amide bonds. The third-order valence-corrected chi connectivity index (χ3v) is 1.69. The summed E-state index contributed by atoms with van der Waals surface area (Å²) in [5.41, 5.74) is 8.25. The minimum absolute atomic E-state index is 0.0194. The molecule has 0 saturated heterocycles. The number of azide groups is 1. The predicted molar refractivity (Wildman–Crippen MR) is 52.2 cm³/mol. The standard InChI is InChI=1S/C9H8F2N4O/c10-7-1-6(2-8(11)3-7)4-13-9(16)5-14-15-12/h1-3H,4-5H2,(H,13,16). The van der Waals surface area contributed by atoms with Crippen LogP contribution >= 0.6 is 0 Å². The zero-order chi connectivity index (χ0) is 12.0. The summed E-state index contributed by atoms with van der Waals surface area (Å²) in [5.74, 6) is -1.93. The molecular weight excluding hydrogens is 218 g/mol. The van der Waals surface area contributed by atoms with Crippen LogP contribution in [-0.4, -0.2) is 12.5 Å². The molecule has 0 atom stereocenters. The molecule has 5 nitrogen and oxygen atoms in total. The summed E-state index contributed by atoms with van der Waals surface area (Å²) in [6.45, 7) is -0.358. The first-order chi connectivity index (χ1) is 7.61. The largest absolute Gasteiger partial charge is 0.352 e. The Labute approximate surface area is 89.7 Å². The average Bonchev–Trinajstić information content (AvgIpc) is 2.22. The molecule has 0 radical (unpaired) electrons. The van der Waals surface area contributed by atoms with Crippen LogP contribution in [0.25, 0.3) is 10.4 Å². The van der Waals surface area contributed by atoms with E-state index in [1.807, 2.05) is 0 Å². The van der Waals surface area contributed by atoms with Gasteiger partial charge in [-0.1, -0.05) is 5.11 Å². The Morgan fingerprint density at radius 2 is 2.00 bits per heavy atom. The van der Waals surface area contributed by atoms with Crippen molar-refractivity contribution in [3.05, 3.63) is 45.8 Å². The lowest BCUT2D eigenvalue weighted by Crippen LogP contribution is -2.24. The molecule has 0 fully saturated rings. The van der Waals surface area contributed by atoms with Crippen LogP contribution in [0.3, 0.4) is 0 Å². The Morgan fingerprint density at radius 1 is 1.38 bits per heavy atom. The molecule has 1 rings (SSSR count). The van der Waals surface area contributed by atoms with Crippen LogP contribution in [0.2, 0.25) is 0 Å². The van der Waals surface area contributed by atoms with Gasteiger partial charge in [-0.2, -0.15) is 0 Å². The number of amides is 1. The van der Waals surface area contributed by atoms with Gasteiger partial charge in [-0.3, -0.25) is 4.79 Å². The van der Waals surface area contributed by atoms with Crippen LogP contribution in [0, 0.1) is 11.6 Å². The molecular formula is C9H8F2N4O. The number of hydrogen-bond donors (Lipinski definition) is 1. The van der Waals surface area contributed by atoms with Crippen molar-refractivity contribution in [1.82, 2.24) is 5.32 Å². The Hall–Kier alpha value is -2.14. The van der Waals surface area contributed by atoms with Crippen molar-refractivity contribution in [3.8, 4) is 0 Å². The zero-order valence-corrected chi connectivity index (χ0v) is 8.15. The molecule has 0 aliphatic rings. The number of hydrogen-bond acceptors (Lipinski definition) is 2. The molecule has 0 aromatic heterocycles. The molecule has 16 heavy (non-hydrogen) atoms. The second kappa shape index (κ2) is 5.67. The molecule has 0 unspecified atom stereocenters. The van der Waals surface area contributed by atoms with Gasteiger partial charge in [0.25, 0.3) is 0 Å². The maximum absolute atomic E-state index is 12.7. The van der Waals surface area contributed by atoms with E-state index in [1.165, 1.54) is 0 Å². The maximum Gasteiger partial charge on any atom is 0.226 e. The van der Waals surface area contributed by atoms with E-state index in [0.29, 0.717) is 5.56 Å². The molecule has 1 N–H and O–H groups in total. The van der Waals surface area contributed by atoms with Gasteiger partial charge < -0.3 is 5.32 Å². The van der Waals surface area contributed by atoms with Crippen LogP contribution in [0.15, 0.2) is 23.3 Å². The summed E-state index contributed by atoms with van der Waals surface area (Å²) in [7, 11) is 0. The van der Waals surface area contributed by atoms with Crippen molar-refractivity contribution in [3.63, 3.8) is 0 Å². The Balaban J connectivity index is 2.54. The fourth-order valence-electron chi connectivity index (χ4n) is 1.07. The zero-order valence-electron chi connectivity index (χ0n) is 8.15. The normalized spacial score (nSPS) is 9.38. The molecule has 0 aliphatic heterocycles. The van der Waals surface area contributed by atoms with E-state index >= 15 is 0 Å². The second-order valence-electron chi connectivity index (χ2n) is 2.94. The smallest absolute Gasteiger partial charge is 0.226 e. The topological polar surface area (TPSA) is 77.9 Å². The highest BCUT2D eigenvalue weighted by molar-refractivity contribution is 5.78. The molecule has 7 heteroatoms. The van der Waals surface area contributed by atoms with Gasteiger partial charge in [0.2, 0.25) is 5.91 Å². The van der Waals surface area contributed by atoms with Crippen molar-refractivity contribution in [2.24, 2.45) is 5.11 Å². The number of carbonyl (C=O) groups excluding carboxylic acids is 1. The lowest BCUT2D eigenvalue weighted by atomic mass is 10.2. The van der Waals surface area contributed by atoms with Crippen LogP contribution < -0.4 is 5.32 Å². The fraction of sp³-hybridized carbons (Fsp3) is 0.222. The van der Waals surface area contributed by atoms with Crippen molar-refractivity contribution in [2.75, 3.05) is 6.54 Å². The van der Waals surface area contributed by atoms with Crippen molar-refractivity contribution in [1.29, 1.82) is 0 Å². The number of carbonyl (C=O) groups is 1. The quantitative estimate of drug-likeness (QED) is 0.475. The van der Waals surface area contributed by atoms with Crippen molar-refractivity contribution in [2.45, 2.75) is 6.54 Å². The first kappa shape index (κ1) is 11.9. The first-order valence-electron chi connectivity index (χ1n) is 4.34. The van der Waals surface area contributed by atoms with Gasteiger partial charge in [-0.25, -0.2) is 8.78 Å². The van der Waals surface area contributed by atoms with Gasteiger partial charge in [0, 0.05) is 17.5 Å². The van der Waals surface area contributed by atoms with Crippen LogP contribution in [0.4, 0.5) is 8.78 Å². The molecule has 84 valence electrons. The summed E-state index contributed by atoms with van der Waals surface area (Å²) >= 11 is 0. The van der Waals surface area contributed by atoms with Crippen LogP contribution in [0.5, 0.6) is 0 Å². The van der Waals surface area contributed by atoms with E-state index in [2.05, 4.69) is 15.3 Å². The second-order valence-corrected chi connectivity index (χ2v) is 2.94. The predicted octanol–water partition coefficient (Wildman–Crippen LogP) is 1.89. The van der Waals surface area contributed by atoms with Gasteiger partial charge in [-0.15, -0.1) is 0 Å². The summed E-state index contributed by atoms with van der Waals surface area (Å²) in [6.07, 6.45) is 0. The third kappa shape index (κ3) is 3.93. The van der Waals surface area contributed by atoms with Crippen LogP contribution in [-0.2, 0) is 11.3 Å². The average molecular weight is 226 g/mol. The number of halogens is 2. The summed E-state index contributed by atoms with van der Waals surface area (Å²) < 4.78 is 25.5. The minimum atomic E-state index is -0.709. The van der Waals surface area contributed by atoms with Gasteiger partial charge >= 0.3 is 0 Å². The minimum Gasteiger partial charge on any atom is -0.352 e. The first-order valence-corrected chi connectivity index (χ1v) is 4.34. The van der Waals surface area contributed by atoms with Crippen LogP contribution in [0.1, 0.15) is 5.56 Å². The number of rotatable bonds is 4. The molecule has 1 aromatic carbocycles. The van der Waals surface area contributed by atoms with Gasteiger partial charge in [0.05, 0.1) is 0 Å². The Bertz CT molecular complexity index is 423. The number of benzene rings is 1. The molecule has 0 aliphatic carbocycles. The lowest BCUT2D eigenvalue weighted by molar-refractivity contribution is -0.119. The third-order valence-electron chi connectivity index (χ3n) is 1.69.